The van der Waals surface area contributed by atoms with Gasteiger partial charge in [-0.3, -0.25) is 14.4 Å². The van der Waals surface area contributed by atoms with Gasteiger partial charge in [0.05, 0.1) is 6.10 Å². The molecular formula is C9H16N2O5. The van der Waals surface area contributed by atoms with Crippen LogP contribution in [-0.4, -0.2) is 47.2 Å². The summed E-state index contributed by atoms with van der Waals surface area (Å²) in [5, 5.41) is 22.0. The summed E-state index contributed by atoms with van der Waals surface area (Å²) in [7, 11) is 0. The van der Waals surface area contributed by atoms with Gasteiger partial charge in [-0.2, -0.15) is 0 Å². The summed E-state index contributed by atoms with van der Waals surface area (Å²) in [5.74, 6) is -1.55. The number of rotatable bonds is 8. The summed E-state index contributed by atoms with van der Waals surface area (Å²) in [4.78, 5) is 31.9. The third-order valence-corrected chi connectivity index (χ3v) is 1.80. The first-order valence-corrected chi connectivity index (χ1v) is 4.84. The molecule has 7 heteroatoms. The Balaban J connectivity index is 4.11. The molecule has 0 aliphatic rings. The lowest BCUT2D eigenvalue weighted by Gasteiger charge is -2.15. The van der Waals surface area contributed by atoms with Gasteiger partial charge in [0.15, 0.2) is 0 Å². The van der Waals surface area contributed by atoms with Crippen molar-refractivity contribution < 1.29 is 24.6 Å². The van der Waals surface area contributed by atoms with Crippen molar-refractivity contribution in [3.8, 4) is 0 Å². The minimum atomic E-state index is -1.04. The zero-order chi connectivity index (χ0) is 12.6. The largest absolute Gasteiger partial charge is 0.481 e. The highest BCUT2D eigenvalue weighted by atomic mass is 16.4. The lowest BCUT2D eigenvalue weighted by molar-refractivity contribution is -0.137. The molecule has 2 unspecified atom stereocenters. The summed E-state index contributed by atoms with van der Waals surface area (Å²) < 4.78 is 0. The minimum Gasteiger partial charge on any atom is -0.481 e. The zero-order valence-corrected chi connectivity index (χ0v) is 8.97. The first-order valence-electron chi connectivity index (χ1n) is 4.84. The van der Waals surface area contributed by atoms with Gasteiger partial charge in [-0.1, -0.05) is 0 Å². The molecule has 0 saturated carbocycles. The van der Waals surface area contributed by atoms with Gasteiger partial charge < -0.3 is 20.8 Å². The van der Waals surface area contributed by atoms with Crippen molar-refractivity contribution in [2.24, 2.45) is 0 Å². The van der Waals surface area contributed by atoms with Gasteiger partial charge in [-0.15, -0.1) is 0 Å². The van der Waals surface area contributed by atoms with E-state index in [0.717, 1.165) is 0 Å². The van der Waals surface area contributed by atoms with Crippen LogP contribution < -0.4 is 10.6 Å². The van der Waals surface area contributed by atoms with Crippen LogP contribution in [0.15, 0.2) is 0 Å². The molecule has 0 spiro atoms. The highest BCUT2D eigenvalue weighted by molar-refractivity contribution is 5.84. The van der Waals surface area contributed by atoms with E-state index in [2.05, 4.69) is 10.6 Å². The van der Waals surface area contributed by atoms with Crippen molar-refractivity contribution in [3.05, 3.63) is 0 Å². The van der Waals surface area contributed by atoms with Gasteiger partial charge in [0.2, 0.25) is 12.3 Å². The van der Waals surface area contributed by atoms with Crippen molar-refractivity contribution >= 4 is 18.3 Å². The topological polar surface area (TPSA) is 116 Å². The Morgan fingerprint density at radius 2 is 2.06 bits per heavy atom. The second kappa shape index (κ2) is 7.63. The summed E-state index contributed by atoms with van der Waals surface area (Å²) >= 11 is 0. The number of carboxylic acid groups (broad SMARTS) is 1. The fourth-order valence-electron chi connectivity index (χ4n) is 1.01. The van der Waals surface area contributed by atoms with Crippen LogP contribution in [0, 0.1) is 0 Å². The summed E-state index contributed by atoms with van der Waals surface area (Å²) in [6, 6.07) is -0.882. The number of nitrogens with one attached hydrogen (secondary N) is 2. The molecule has 0 aromatic carbocycles. The monoisotopic (exact) mass is 232 g/mol. The third-order valence-electron chi connectivity index (χ3n) is 1.80. The number of carbonyl (C=O) groups excluding carboxylic acids is 2. The van der Waals surface area contributed by atoms with Crippen molar-refractivity contribution in [2.45, 2.75) is 31.9 Å². The fourth-order valence-corrected chi connectivity index (χ4v) is 1.01. The normalized spacial score (nSPS) is 13.6. The highest BCUT2D eigenvalue weighted by Crippen LogP contribution is 1.97. The first kappa shape index (κ1) is 14.4. The number of carbonyl (C=O) groups is 3. The summed E-state index contributed by atoms with van der Waals surface area (Å²) in [6.45, 7) is 1.56. The average Bonchev–Trinajstić information content (AvgIpc) is 2.20. The number of aliphatic carboxylic acids is 1. The number of carboxylic acids is 1. The van der Waals surface area contributed by atoms with E-state index in [4.69, 9.17) is 10.2 Å². The molecule has 7 nitrogen and oxygen atoms in total. The first-order chi connectivity index (χ1) is 7.47. The minimum absolute atomic E-state index is 0.0136. The Bertz CT molecular complexity index is 254. The summed E-state index contributed by atoms with van der Waals surface area (Å²) in [5.41, 5.74) is 0. The van der Waals surface area contributed by atoms with Gasteiger partial charge in [0.25, 0.3) is 0 Å². The van der Waals surface area contributed by atoms with Crippen molar-refractivity contribution in [1.82, 2.24) is 10.6 Å². The maximum Gasteiger partial charge on any atom is 0.303 e. The van der Waals surface area contributed by atoms with E-state index in [1.165, 1.54) is 6.92 Å². The summed E-state index contributed by atoms with van der Waals surface area (Å²) in [6.07, 6.45) is -0.553. The maximum absolute atomic E-state index is 11.4. The molecule has 0 aliphatic carbocycles. The van der Waals surface area contributed by atoms with E-state index in [0.29, 0.717) is 6.41 Å². The van der Waals surface area contributed by atoms with Crippen LogP contribution in [0.4, 0.5) is 0 Å². The molecule has 92 valence electrons. The fraction of sp³-hybridized carbons (Fsp3) is 0.667. The van der Waals surface area contributed by atoms with E-state index in [1.54, 1.807) is 0 Å². The van der Waals surface area contributed by atoms with E-state index in [-0.39, 0.29) is 19.4 Å². The number of hydrogen-bond donors (Lipinski definition) is 4. The molecular weight excluding hydrogens is 216 g/mol. The predicted octanol–water partition coefficient (Wildman–Crippen LogP) is -1.54. The van der Waals surface area contributed by atoms with E-state index >= 15 is 0 Å². The van der Waals surface area contributed by atoms with Gasteiger partial charge in [-0.25, -0.2) is 0 Å². The van der Waals surface area contributed by atoms with Crippen molar-refractivity contribution in [2.75, 3.05) is 6.54 Å². The second-order valence-electron chi connectivity index (χ2n) is 3.36. The van der Waals surface area contributed by atoms with Gasteiger partial charge in [-0.05, 0) is 13.3 Å². The molecule has 0 bridgehead atoms. The van der Waals surface area contributed by atoms with E-state index in [9.17, 15) is 14.4 Å². The lowest BCUT2D eigenvalue weighted by atomic mass is 10.1. The standard InChI is InChI=1S/C9H16N2O5/c1-6(13)4-10-9(16)7(11-5-12)2-3-8(14)15/h5-7,13H,2-4H2,1H3,(H,10,16)(H,11,12)(H,14,15). The van der Waals surface area contributed by atoms with Gasteiger partial charge in [0.1, 0.15) is 6.04 Å². The van der Waals surface area contributed by atoms with Crippen LogP contribution in [0.1, 0.15) is 19.8 Å². The zero-order valence-electron chi connectivity index (χ0n) is 8.97. The van der Waals surface area contributed by atoms with E-state index in [1.807, 2.05) is 0 Å². The van der Waals surface area contributed by atoms with Crippen molar-refractivity contribution in [1.29, 1.82) is 0 Å². The molecule has 4 N–H and O–H groups in total. The second-order valence-corrected chi connectivity index (χ2v) is 3.36. The Morgan fingerprint density at radius 1 is 1.44 bits per heavy atom. The molecule has 0 aromatic rings. The maximum atomic E-state index is 11.4. The number of amides is 2. The number of hydrogen-bond acceptors (Lipinski definition) is 4. The lowest BCUT2D eigenvalue weighted by Crippen LogP contribution is -2.45. The predicted molar refractivity (Wildman–Crippen MR) is 54.5 cm³/mol. The Kier molecular flexibility index (Phi) is 6.86. The molecule has 2 amide bonds. The number of aliphatic hydroxyl groups is 1. The smallest absolute Gasteiger partial charge is 0.303 e. The van der Waals surface area contributed by atoms with Crippen LogP contribution in [0.5, 0.6) is 0 Å². The van der Waals surface area contributed by atoms with Crippen molar-refractivity contribution in [3.63, 3.8) is 0 Å². The Labute approximate surface area is 92.8 Å². The Morgan fingerprint density at radius 3 is 2.50 bits per heavy atom. The Hall–Kier alpha value is -1.63. The molecule has 0 heterocycles. The molecule has 0 aromatic heterocycles. The van der Waals surface area contributed by atoms with Crippen LogP contribution in [0.25, 0.3) is 0 Å². The van der Waals surface area contributed by atoms with E-state index < -0.39 is 24.0 Å². The van der Waals surface area contributed by atoms with Crippen LogP contribution >= 0.6 is 0 Å². The number of aliphatic hydroxyl groups excluding tert-OH is 1. The molecule has 0 aliphatic heterocycles. The molecule has 0 radical (unpaired) electrons. The van der Waals surface area contributed by atoms with Crippen LogP contribution in [-0.2, 0) is 14.4 Å². The third kappa shape index (κ3) is 6.77. The van der Waals surface area contributed by atoms with Crippen LogP contribution in [0.2, 0.25) is 0 Å². The highest BCUT2D eigenvalue weighted by Gasteiger charge is 2.18. The average molecular weight is 232 g/mol. The molecule has 0 rings (SSSR count). The molecule has 0 saturated heterocycles. The quantitative estimate of drug-likeness (QED) is 0.379. The molecule has 2 atom stereocenters. The SMILES string of the molecule is CC(O)CNC(=O)C(CCC(=O)O)NC=O. The van der Waals surface area contributed by atoms with Gasteiger partial charge >= 0.3 is 5.97 Å². The molecule has 16 heavy (non-hydrogen) atoms. The molecule has 0 fully saturated rings. The van der Waals surface area contributed by atoms with Crippen LogP contribution in [0.3, 0.4) is 0 Å². The van der Waals surface area contributed by atoms with Gasteiger partial charge in [0, 0.05) is 13.0 Å².